The Morgan fingerprint density at radius 2 is 2.18 bits per heavy atom. The molecule has 0 unspecified atom stereocenters. The Labute approximate surface area is 112 Å². The molecule has 1 fully saturated rings. The second-order valence-corrected chi connectivity index (χ2v) is 5.95. The van der Waals surface area contributed by atoms with Gasteiger partial charge in [-0.15, -0.1) is 0 Å². The fraction of sp³-hybridized carbons (Fsp3) is 0.769. The van der Waals surface area contributed by atoms with E-state index in [1.54, 1.807) is 0 Å². The molecule has 1 saturated carbocycles. The maximum atomic E-state index is 4.54. The van der Waals surface area contributed by atoms with Crippen molar-refractivity contribution in [1.82, 2.24) is 14.7 Å². The standard InChI is InChI=1S/C13H22BrN3/c1-4-17-12(13(14)10(2)15-17)9-16(3)8-11-6-5-7-11/h11H,4-9H2,1-3H3. The van der Waals surface area contributed by atoms with E-state index in [-0.39, 0.29) is 0 Å². The molecule has 0 aromatic carbocycles. The van der Waals surface area contributed by atoms with E-state index < -0.39 is 0 Å². The smallest absolute Gasteiger partial charge is 0.0739 e. The molecule has 96 valence electrons. The summed E-state index contributed by atoms with van der Waals surface area (Å²) in [7, 11) is 2.22. The first-order chi connectivity index (χ1) is 8.11. The second kappa shape index (κ2) is 5.53. The van der Waals surface area contributed by atoms with Crippen LogP contribution in [0.2, 0.25) is 0 Å². The van der Waals surface area contributed by atoms with E-state index in [4.69, 9.17) is 0 Å². The third-order valence-electron chi connectivity index (χ3n) is 3.67. The molecule has 0 atom stereocenters. The molecule has 0 aliphatic heterocycles. The van der Waals surface area contributed by atoms with Crippen LogP contribution in [0.5, 0.6) is 0 Å². The minimum Gasteiger partial charge on any atom is -0.300 e. The molecule has 0 N–H and O–H groups in total. The van der Waals surface area contributed by atoms with Crippen LogP contribution < -0.4 is 0 Å². The van der Waals surface area contributed by atoms with Gasteiger partial charge in [0.05, 0.1) is 15.9 Å². The van der Waals surface area contributed by atoms with Gasteiger partial charge in [-0.3, -0.25) is 4.68 Å². The Hall–Kier alpha value is -0.350. The Balaban J connectivity index is 2.00. The van der Waals surface area contributed by atoms with Gasteiger partial charge in [0.15, 0.2) is 0 Å². The Morgan fingerprint density at radius 3 is 2.71 bits per heavy atom. The van der Waals surface area contributed by atoms with E-state index in [9.17, 15) is 0 Å². The zero-order valence-corrected chi connectivity index (χ0v) is 12.6. The molecule has 0 radical (unpaired) electrons. The minimum absolute atomic E-state index is 0.929. The van der Waals surface area contributed by atoms with Crippen LogP contribution in [0.3, 0.4) is 0 Å². The van der Waals surface area contributed by atoms with Gasteiger partial charge in [-0.25, -0.2) is 0 Å². The molecule has 0 bridgehead atoms. The van der Waals surface area contributed by atoms with Gasteiger partial charge < -0.3 is 4.90 Å². The maximum absolute atomic E-state index is 4.54. The summed E-state index contributed by atoms with van der Waals surface area (Å²) in [6, 6.07) is 0. The van der Waals surface area contributed by atoms with Crippen molar-refractivity contribution in [3.05, 3.63) is 15.9 Å². The first-order valence-electron chi connectivity index (χ1n) is 6.52. The minimum atomic E-state index is 0.929. The fourth-order valence-electron chi connectivity index (χ4n) is 2.46. The summed E-state index contributed by atoms with van der Waals surface area (Å²) in [4.78, 5) is 2.43. The van der Waals surface area contributed by atoms with E-state index in [0.717, 1.165) is 24.7 Å². The first kappa shape index (κ1) is 13.1. The van der Waals surface area contributed by atoms with Gasteiger partial charge in [-0.05, 0) is 55.6 Å². The summed E-state index contributed by atoms with van der Waals surface area (Å²) >= 11 is 3.66. The molecular weight excluding hydrogens is 278 g/mol. The molecule has 1 heterocycles. The van der Waals surface area contributed by atoms with Crippen molar-refractivity contribution < 1.29 is 0 Å². The summed E-state index contributed by atoms with van der Waals surface area (Å²) < 4.78 is 3.29. The van der Waals surface area contributed by atoms with Gasteiger partial charge >= 0.3 is 0 Å². The van der Waals surface area contributed by atoms with Crippen LogP contribution in [0.25, 0.3) is 0 Å². The topological polar surface area (TPSA) is 21.1 Å². The molecule has 2 rings (SSSR count). The lowest BCUT2D eigenvalue weighted by Gasteiger charge is -2.30. The number of nitrogens with zero attached hydrogens (tertiary/aromatic N) is 3. The lowest BCUT2D eigenvalue weighted by molar-refractivity contribution is 0.197. The van der Waals surface area contributed by atoms with Crippen LogP contribution >= 0.6 is 15.9 Å². The molecule has 4 heteroatoms. The van der Waals surface area contributed by atoms with Gasteiger partial charge in [0.25, 0.3) is 0 Å². The van der Waals surface area contributed by atoms with Crippen LogP contribution in [-0.4, -0.2) is 28.3 Å². The van der Waals surface area contributed by atoms with E-state index in [0.29, 0.717) is 0 Å². The van der Waals surface area contributed by atoms with E-state index >= 15 is 0 Å². The van der Waals surface area contributed by atoms with Crippen molar-refractivity contribution in [1.29, 1.82) is 0 Å². The first-order valence-corrected chi connectivity index (χ1v) is 7.31. The highest BCUT2D eigenvalue weighted by Gasteiger charge is 2.20. The van der Waals surface area contributed by atoms with E-state index in [2.05, 4.69) is 51.5 Å². The summed E-state index contributed by atoms with van der Waals surface area (Å²) in [6.07, 6.45) is 4.25. The van der Waals surface area contributed by atoms with Gasteiger partial charge in [-0.2, -0.15) is 5.10 Å². The van der Waals surface area contributed by atoms with Crippen molar-refractivity contribution in [2.24, 2.45) is 5.92 Å². The molecular formula is C13H22BrN3. The highest BCUT2D eigenvalue weighted by atomic mass is 79.9. The average molecular weight is 300 g/mol. The molecule has 1 aromatic heterocycles. The van der Waals surface area contributed by atoms with Gasteiger partial charge in [0, 0.05) is 19.6 Å². The molecule has 17 heavy (non-hydrogen) atoms. The quantitative estimate of drug-likeness (QED) is 0.832. The van der Waals surface area contributed by atoms with Crippen molar-refractivity contribution in [2.75, 3.05) is 13.6 Å². The molecule has 1 aliphatic carbocycles. The van der Waals surface area contributed by atoms with Gasteiger partial charge in [0.2, 0.25) is 0 Å². The van der Waals surface area contributed by atoms with E-state index in [1.165, 1.54) is 36.0 Å². The van der Waals surface area contributed by atoms with E-state index in [1.807, 2.05) is 0 Å². The number of hydrogen-bond acceptors (Lipinski definition) is 2. The number of halogens is 1. The second-order valence-electron chi connectivity index (χ2n) is 5.16. The van der Waals surface area contributed by atoms with Crippen LogP contribution in [0.4, 0.5) is 0 Å². The van der Waals surface area contributed by atoms with Crippen LogP contribution in [0.15, 0.2) is 4.47 Å². The molecule has 0 saturated heterocycles. The molecule has 1 aliphatic rings. The molecule has 1 aromatic rings. The van der Waals surface area contributed by atoms with Crippen molar-refractivity contribution >= 4 is 15.9 Å². The van der Waals surface area contributed by atoms with Gasteiger partial charge in [-0.1, -0.05) is 6.42 Å². The predicted molar refractivity (Wildman–Crippen MR) is 74.0 cm³/mol. The van der Waals surface area contributed by atoms with Crippen molar-refractivity contribution in [3.63, 3.8) is 0 Å². The zero-order valence-electron chi connectivity index (χ0n) is 11.0. The number of rotatable bonds is 5. The Morgan fingerprint density at radius 1 is 1.47 bits per heavy atom. The van der Waals surface area contributed by atoms with Crippen molar-refractivity contribution in [2.45, 2.75) is 46.2 Å². The average Bonchev–Trinajstić information content (AvgIpc) is 2.51. The van der Waals surface area contributed by atoms with Gasteiger partial charge in [0.1, 0.15) is 0 Å². The summed E-state index contributed by atoms with van der Waals surface area (Å²) in [5.41, 5.74) is 2.41. The molecule has 0 spiro atoms. The zero-order chi connectivity index (χ0) is 12.4. The number of aryl methyl sites for hydroxylation is 2. The fourth-order valence-corrected chi connectivity index (χ4v) is 2.87. The summed E-state index contributed by atoms with van der Waals surface area (Å²) in [5.74, 6) is 0.929. The highest BCUT2D eigenvalue weighted by Crippen LogP contribution is 2.28. The van der Waals surface area contributed by atoms with Crippen molar-refractivity contribution in [3.8, 4) is 0 Å². The highest BCUT2D eigenvalue weighted by molar-refractivity contribution is 9.10. The lowest BCUT2D eigenvalue weighted by atomic mass is 9.85. The monoisotopic (exact) mass is 299 g/mol. The normalized spacial score (nSPS) is 16.5. The molecule has 0 amide bonds. The largest absolute Gasteiger partial charge is 0.300 e. The molecule has 3 nitrogen and oxygen atoms in total. The Bertz CT molecular complexity index is 382. The maximum Gasteiger partial charge on any atom is 0.0739 e. The third kappa shape index (κ3) is 2.91. The Kier molecular flexibility index (Phi) is 4.26. The SMILES string of the molecule is CCn1nc(C)c(Br)c1CN(C)CC1CCC1. The third-order valence-corrected chi connectivity index (χ3v) is 4.70. The van der Waals surface area contributed by atoms with Crippen LogP contribution in [0, 0.1) is 12.8 Å². The summed E-state index contributed by atoms with van der Waals surface area (Å²) in [6.45, 7) is 7.37. The lowest BCUT2D eigenvalue weighted by Crippen LogP contribution is -2.30. The number of hydrogen-bond donors (Lipinski definition) is 0. The number of aromatic nitrogens is 2. The van der Waals surface area contributed by atoms with Crippen LogP contribution in [-0.2, 0) is 13.1 Å². The summed E-state index contributed by atoms with van der Waals surface area (Å²) in [5, 5.41) is 4.54. The van der Waals surface area contributed by atoms with Crippen LogP contribution in [0.1, 0.15) is 37.6 Å². The predicted octanol–water partition coefficient (Wildman–Crippen LogP) is 3.21.